The first-order valence-corrected chi connectivity index (χ1v) is 6.11. The Morgan fingerprint density at radius 1 is 1.69 bits per heavy atom. The van der Waals surface area contributed by atoms with Crippen LogP contribution < -0.4 is 10.6 Å². The molecule has 2 rings (SSSR count). The topological polar surface area (TPSA) is 71.1 Å². The van der Waals surface area contributed by atoms with Gasteiger partial charge in [-0.3, -0.25) is 9.59 Å². The molecule has 1 fully saturated rings. The molecule has 0 bridgehead atoms. The van der Waals surface area contributed by atoms with E-state index < -0.39 is 0 Å². The number of aromatic nitrogens is 1. The van der Waals surface area contributed by atoms with E-state index in [1.165, 1.54) is 11.3 Å². The van der Waals surface area contributed by atoms with E-state index in [0.29, 0.717) is 19.4 Å². The lowest BCUT2D eigenvalue weighted by Gasteiger charge is -2.10. The highest BCUT2D eigenvalue weighted by Gasteiger charge is 2.20. The Morgan fingerprint density at radius 3 is 3.19 bits per heavy atom. The smallest absolute Gasteiger partial charge is 0.226 e. The average Bonchev–Trinajstić information content (AvgIpc) is 2.87. The molecule has 0 spiro atoms. The Labute approximate surface area is 97.3 Å². The lowest BCUT2D eigenvalue weighted by molar-refractivity contribution is -0.121. The van der Waals surface area contributed by atoms with Crippen LogP contribution in [0.15, 0.2) is 10.9 Å². The Morgan fingerprint density at radius 2 is 2.56 bits per heavy atom. The fourth-order valence-electron chi connectivity index (χ4n) is 1.62. The molecule has 0 aliphatic carbocycles. The van der Waals surface area contributed by atoms with E-state index in [0.717, 1.165) is 12.1 Å². The van der Waals surface area contributed by atoms with E-state index in [2.05, 4.69) is 15.6 Å². The van der Waals surface area contributed by atoms with Crippen molar-refractivity contribution >= 4 is 23.2 Å². The fourth-order valence-corrected chi connectivity index (χ4v) is 2.18. The number of amides is 2. The number of rotatable bonds is 4. The van der Waals surface area contributed by atoms with Crippen LogP contribution in [-0.4, -0.2) is 29.4 Å². The molecule has 2 heterocycles. The highest BCUT2D eigenvalue weighted by Crippen LogP contribution is 2.05. The second-order valence-corrected chi connectivity index (χ2v) is 4.48. The molecule has 0 saturated carbocycles. The van der Waals surface area contributed by atoms with Gasteiger partial charge in [0.25, 0.3) is 0 Å². The summed E-state index contributed by atoms with van der Waals surface area (Å²) in [4.78, 5) is 26.4. The van der Waals surface area contributed by atoms with E-state index in [9.17, 15) is 9.59 Å². The van der Waals surface area contributed by atoms with E-state index in [1.807, 2.05) is 5.38 Å². The maximum Gasteiger partial charge on any atom is 0.226 e. The highest BCUT2D eigenvalue weighted by atomic mass is 32.1. The van der Waals surface area contributed by atoms with Gasteiger partial charge in [-0.1, -0.05) is 0 Å². The minimum Gasteiger partial charge on any atom is -0.354 e. The summed E-state index contributed by atoms with van der Waals surface area (Å²) in [6.45, 7) is 0.509. The quantitative estimate of drug-likeness (QED) is 0.781. The Hall–Kier alpha value is -1.43. The predicted octanol–water partition coefficient (Wildman–Crippen LogP) is 0.0804. The molecule has 1 aliphatic heterocycles. The van der Waals surface area contributed by atoms with Crippen LogP contribution in [0, 0.1) is 0 Å². The highest BCUT2D eigenvalue weighted by molar-refractivity contribution is 7.07. The summed E-state index contributed by atoms with van der Waals surface area (Å²) in [7, 11) is 0. The summed E-state index contributed by atoms with van der Waals surface area (Å²) < 4.78 is 0. The summed E-state index contributed by atoms with van der Waals surface area (Å²) in [6.07, 6.45) is 1.67. The third-order valence-electron chi connectivity index (χ3n) is 2.46. The molecular formula is C10H13N3O2S. The SMILES string of the molecule is O=C(Cc1cscn1)NCC1CCC(=O)N1. The van der Waals surface area contributed by atoms with E-state index in [4.69, 9.17) is 0 Å². The molecule has 0 radical (unpaired) electrons. The molecule has 1 saturated heterocycles. The minimum absolute atomic E-state index is 0.0490. The van der Waals surface area contributed by atoms with Gasteiger partial charge in [-0.2, -0.15) is 0 Å². The number of nitrogens with one attached hydrogen (secondary N) is 2. The number of carbonyl (C=O) groups is 2. The molecule has 2 amide bonds. The molecule has 1 unspecified atom stereocenters. The lowest BCUT2D eigenvalue weighted by Crippen LogP contribution is -2.38. The third-order valence-corrected chi connectivity index (χ3v) is 3.09. The zero-order valence-electron chi connectivity index (χ0n) is 8.73. The van der Waals surface area contributed by atoms with Gasteiger partial charge in [-0.15, -0.1) is 11.3 Å². The zero-order valence-corrected chi connectivity index (χ0v) is 9.55. The van der Waals surface area contributed by atoms with Crippen LogP contribution in [-0.2, 0) is 16.0 Å². The van der Waals surface area contributed by atoms with Crippen molar-refractivity contribution in [1.82, 2.24) is 15.6 Å². The zero-order chi connectivity index (χ0) is 11.4. The second-order valence-electron chi connectivity index (χ2n) is 3.76. The molecule has 1 atom stereocenters. The van der Waals surface area contributed by atoms with Crippen LogP contribution in [0.5, 0.6) is 0 Å². The summed E-state index contributed by atoms with van der Waals surface area (Å²) >= 11 is 1.48. The summed E-state index contributed by atoms with van der Waals surface area (Å²) in [5.74, 6) is 0.0193. The van der Waals surface area contributed by atoms with E-state index >= 15 is 0 Å². The summed E-state index contributed by atoms with van der Waals surface area (Å²) in [5.41, 5.74) is 2.50. The number of hydrogen-bond donors (Lipinski definition) is 2. The molecule has 0 aromatic carbocycles. The van der Waals surface area contributed by atoms with Crippen molar-refractivity contribution in [3.63, 3.8) is 0 Å². The van der Waals surface area contributed by atoms with E-state index in [1.54, 1.807) is 5.51 Å². The third kappa shape index (κ3) is 3.03. The van der Waals surface area contributed by atoms with Gasteiger partial charge in [0, 0.05) is 24.4 Å². The first-order valence-electron chi connectivity index (χ1n) is 5.17. The molecule has 1 aromatic heterocycles. The van der Waals surface area contributed by atoms with Crippen LogP contribution in [0.25, 0.3) is 0 Å². The van der Waals surface area contributed by atoms with Crippen LogP contribution in [0.4, 0.5) is 0 Å². The minimum atomic E-state index is -0.0490. The van der Waals surface area contributed by atoms with Crippen molar-refractivity contribution in [3.8, 4) is 0 Å². The Bertz CT molecular complexity index is 377. The van der Waals surface area contributed by atoms with Gasteiger partial charge in [-0.05, 0) is 6.42 Å². The molecule has 1 aliphatic rings. The van der Waals surface area contributed by atoms with Gasteiger partial charge < -0.3 is 10.6 Å². The number of thiazole rings is 1. The lowest BCUT2D eigenvalue weighted by atomic mass is 10.2. The van der Waals surface area contributed by atoms with Crippen LogP contribution in [0.2, 0.25) is 0 Å². The molecule has 5 nitrogen and oxygen atoms in total. The van der Waals surface area contributed by atoms with Crippen molar-refractivity contribution < 1.29 is 9.59 Å². The van der Waals surface area contributed by atoms with Crippen LogP contribution in [0.3, 0.4) is 0 Å². The molecule has 1 aromatic rings. The second kappa shape index (κ2) is 5.07. The van der Waals surface area contributed by atoms with Crippen molar-refractivity contribution in [3.05, 3.63) is 16.6 Å². The van der Waals surface area contributed by atoms with Crippen molar-refractivity contribution in [2.75, 3.05) is 6.54 Å². The first kappa shape index (κ1) is 11.1. The molecule has 86 valence electrons. The van der Waals surface area contributed by atoms with Crippen LogP contribution in [0.1, 0.15) is 18.5 Å². The van der Waals surface area contributed by atoms with Gasteiger partial charge in [0.2, 0.25) is 11.8 Å². The average molecular weight is 239 g/mol. The summed E-state index contributed by atoms with van der Waals surface area (Å²) in [5, 5.41) is 7.45. The fraction of sp³-hybridized carbons (Fsp3) is 0.500. The molecule has 2 N–H and O–H groups in total. The van der Waals surface area contributed by atoms with Crippen molar-refractivity contribution in [1.29, 1.82) is 0 Å². The maximum absolute atomic E-state index is 11.5. The summed E-state index contributed by atoms with van der Waals surface area (Å²) in [6, 6.07) is 0.0897. The number of hydrogen-bond acceptors (Lipinski definition) is 4. The Kier molecular flexibility index (Phi) is 3.51. The maximum atomic E-state index is 11.5. The largest absolute Gasteiger partial charge is 0.354 e. The normalized spacial score (nSPS) is 19.5. The van der Waals surface area contributed by atoms with Gasteiger partial charge in [0.05, 0.1) is 17.6 Å². The number of nitrogens with zero attached hydrogens (tertiary/aromatic N) is 1. The first-order chi connectivity index (χ1) is 7.74. The van der Waals surface area contributed by atoms with Gasteiger partial charge in [0.15, 0.2) is 0 Å². The predicted molar refractivity (Wildman–Crippen MR) is 60.0 cm³/mol. The Balaban J connectivity index is 1.70. The standard InChI is InChI=1S/C10H13N3O2S/c14-9-2-1-7(13-9)4-11-10(15)3-8-5-16-6-12-8/h5-7H,1-4H2,(H,11,15)(H,13,14). The van der Waals surface area contributed by atoms with Crippen molar-refractivity contribution in [2.24, 2.45) is 0 Å². The van der Waals surface area contributed by atoms with Gasteiger partial charge in [-0.25, -0.2) is 4.98 Å². The van der Waals surface area contributed by atoms with Gasteiger partial charge in [0.1, 0.15) is 0 Å². The van der Waals surface area contributed by atoms with Crippen molar-refractivity contribution in [2.45, 2.75) is 25.3 Å². The van der Waals surface area contributed by atoms with Crippen LogP contribution >= 0.6 is 11.3 Å². The van der Waals surface area contributed by atoms with Gasteiger partial charge >= 0.3 is 0 Å². The molecule has 6 heteroatoms. The molecule has 16 heavy (non-hydrogen) atoms. The number of carbonyl (C=O) groups excluding carboxylic acids is 2. The van der Waals surface area contributed by atoms with E-state index in [-0.39, 0.29) is 17.9 Å². The molecular weight excluding hydrogens is 226 g/mol. The monoisotopic (exact) mass is 239 g/mol.